The summed E-state index contributed by atoms with van der Waals surface area (Å²) < 4.78 is 16.9. The minimum absolute atomic E-state index is 0.176. The van der Waals surface area contributed by atoms with Crippen LogP contribution in [-0.2, 0) is 29.4 Å². The Morgan fingerprint density at radius 1 is 0.933 bits per heavy atom. The molecule has 0 amide bonds. The highest BCUT2D eigenvalue weighted by Crippen LogP contribution is 2.37. The van der Waals surface area contributed by atoms with Crippen LogP contribution in [0.2, 0.25) is 0 Å². The molecule has 2 fully saturated rings. The molecule has 0 aliphatic carbocycles. The van der Waals surface area contributed by atoms with Crippen molar-refractivity contribution in [3.8, 4) is 0 Å². The van der Waals surface area contributed by atoms with Crippen LogP contribution in [0.25, 0.3) is 0 Å². The van der Waals surface area contributed by atoms with Gasteiger partial charge in [0.15, 0.2) is 0 Å². The fraction of sp³-hybridized carbons (Fsp3) is 0.417. The molecule has 2 aromatic carbocycles. The highest BCUT2D eigenvalue weighted by molar-refractivity contribution is 5.86. The summed E-state index contributed by atoms with van der Waals surface area (Å²) in [5.41, 5.74) is -0.329. The fourth-order valence-electron chi connectivity index (χ4n) is 4.54. The third-order valence-electron chi connectivity index (χ3n) is 5.99. The van der Waals surface area contributed by atoms with Crippen molar-refractivity contribution in [2.24, 2.45) is 0 Å². The number of carbonyl (C=O) groups excluding carboxylic acids is 2. The van der Waals surface area contributed by atoms with Gasteiger partial charge in [0.1, 0.15) is 12.7 Å². The Balaban J connectivity index is 1.71. The highest BCUT2D eigenvalue weighted by Gasteiger charge is 2.47. The van der Waals surface area contributed by atoms with Crippen molar-refractivity contribution >= 4 is 11.9 Å². The van der Waals surface area contributed by atoms with Gasteiger partial charge >= 0.3 is 11.9 Å². The summed E-state index contributed by atoms with van der Waals surface area (Å²) in [5, 5.41) is 3.56. The van der Waals surface area contributed by atoms with E-state index < -0.39 is 17.5 Å². The van der Waals surface area contributed by atoms with E-state index in [0.717, 1.165) is 25.7 Å². The summed E-state index contributed by atoms with van der Waals surface area (Å²) in [5.74, 6) is -1.06. The number of rotatable bonds is 7. The lowest BCUT2D eigenvalue weighted by Crippen LogP contribution is -2.47. The second kappa shape index (κ2) is 8.98. The van der Waals surface area contributed by atoms with E-state index in [4.69, 9.17) is 14.2 Å². The molecule has 2 saturated heterocycles. The molecule has 0 aromatic heterocycles. The zero-order valence-corrected chi connectivity index (χ0v) is 17.1. The molecule has 0 saturated carbocycles. The Hall–Kier alpha value is -2.70. The minimum atomic E-state index is -1.55. The predicted molar refractivity (Wildman–Crippen MR) is 111 cm³/mol. The molecule has 2 heterocycles. The van der Waals surface area contributed by atoms with Gasteiger partial charge < -0.3 is 19.5 Å². The number of piperidine rings is 1. The number of hydrogen-bond acceptors (Lipinski definition) is 6. The molecule has 3 atom stereocenters. The summed E-state index contributed by atoms with van der Waals surface area (Å²) >= 11 is 0. The second-order valence-corrected chi connectivity index (χ2v) is 7.91. The topological polar surface area (TPSA) is 73.9 Å². The molecular weight excluding hydrogens is 382 g/mol. The van der Waals surface area contributed by atoms with Crippen molar-refractivity contribution in [3.05, 3.63) is 71.8 Å². The van der Waals surface area contributed by atoms with E-state index in [1.54, 1.807) is 0 Å². The van der Waals surface area contributed by atoms with Crippen LogP contribution in [0, 0.1) is 0 Å². The minimum Gasteiger partial charge on any atom is -0.467 e. The Bertz CT molecular complexity index is 818. The van der Waals surface area contributed by atoms with E-state index in [9.17, 15) is 9.59 Å². The summed E-state index contributed by atoms with van der Waals surface area (Å²) in [6.07, 6.45) is 3.63. The van der Waals surface area contributed by atoms with E-state index in [1.165, 1.54) is 7.11 Å². The van der Waals surface area contributed by atoms with Crippen LogP contribution in [-0.4, -0.2) is 43.8 Å². The van der Waals surface area contributed by atoms with Gasteiger partial charge in [-0.2, -0.15) is 0 Å². The maximum atomic E-state index is 13.7. The molecule has 0 spiro atoms. The summed E-state index contributed by atoms with van der Waals surface area (Å²) in [7, 11) is 1.29. The number of nitrogens with one attached hydrogen (secondary N) is 1. The van der Waals surface area contributed by atoms with Gasteiger partial charge in [-0.3, -0.25) is 0 Å². The largest absolute Gasteiger partial charge is 0.467 e. The summed E-state index contributed by atoms with van der Waals surface area (Å²) in [4.78, 5) is 25.7. The van der Waals surface area contributed by atoms with Crippen LogP contribution in [0.3, 0.4) is 0 Å². The van der Waals surface area contributed by atoms with Crippen molar-refractivity contribution in [1.29, 1.82) is 0 Å². The number of carbonyl (C=O) groups is 2. The fourth-order valence-corrected chi connectivity index (χ4v) is 4.54. The molecular formula is C24H27NO5. The molecule has 158 valence electrons. The zero-order valence-electron chi connectivity index (χ0n) is 17.1. The normalized spacial score (nSPS) is 23.0. The van der Waals surface area contributed by atoms with Crippen molar-refractivity contribution in [2.75, 3.05) is 13.7 Å². The quantitative estimate of drug-likeness (QED) is 0.709. The maximum Gasteiger partial charge on any atom is 0.348 e. The van der Waals surface area contributed by atoms with Crippen LogP contribution >= 0.6 is 0 Å². The van der Waals surface area contributed by atoms with Gasteiger partial charge in [-0.05, 0) is 36.8 Å². The van der Waals surface area contributed by atoms with Gasteiger partial charge in [0.2, 0.25) is 5.60 Å². The average Bonchev–Trinajstić information content (AvgIpc) is 3.13. The number of hydrogen-bond donors (Lipinski definition) is 1. The van der Waals surface area contributed by atoms with E-state index in [2.05, 4.69) is 5.32 Å². The first kappa shape index (κ1) is 20.6. The highest BCUT2D eigenvalue weighted by atomic mass is 16.6. The Kier molecular flexibility index (Phi) is 6.16. The third kappa shape index (κ3) is 4.11. The van der Waals surface area contributed by atoms with Crippen molar-refractivity contribution < 1.29 is 23.8 Å². The van der Waals surface area contributed by atoms with Crippen LogP contribution in [0.4, 0.5) is 0 Å². The standard InChI is InChI=1S/C24H27NO5/c1-28-22(26)16-29-24(17-8-4-2-5-9-17,18-10-6-3-7-11-18)23(27)30-21-14-19-12-13-20(15-21)25-19/h2-11,19-21,25H,12-16H2,1H3/t19-,20+,21?. The van der Waals surface area contributed by atoms with Gasteiger partial charge in [0, 0.05) is 12.1 Å². The van der Waals surface area contributed by atoms with Crippen molar-refractivity contribution in [1.82, 2.24) is 5.32 Å². The van der Waals surface area contributed by atoms with Crippen molar-refractivity contribution in [2.45, 2.75) is 49.5 Å². The van der Waals surface area contributed by atoms with Crippen LogP contribution in [0.1, 0.15) is 36.8 Å². The molecule has 1 N–H and O–H groups in total. The molecule has 4 rings (SSSR count). The van der Waals surface area contributed by atoms with Crippen molar-refractivity contribution in [3.63, 3.8) is 0 Å². The monoisotopic (exact) mass is 409 g/mol. The Morgan fingerprint density at radius 2 is 1.47 bits per heavy atom. The first-order chi connectivity index (χ1) is 14.6. The van der Waals surface area contributed by atoms with Gasteiger partial charge in [-0.15, -0.1) is 0 Å². The smallest absolute Gasteiger partial charge is 0.348 e. The van der Waals surface area contributed by atoms with Gasteiger partial charge in [0.25, 0.3) is 0 Å². The molecule has 6 heteroatoms. The third-order valence-corrected chi connectivity index (χ3v) is 5.99. The first-order valence-electron chi connectivity index (χ1n) is 10.4. The predicted octanol–water partition coefficient (Wildman–Crippen LogP) is 2.95. The van der Waals surface area contributed by atoms with Gasteiger partial charge in [-0.25, -0.2) is 9.59 Å². The average molecular weight is 409 g/mol. The molecule has 2 aromatic rings. The lowest BCUT2D eigenvalue weighted by Gasteiger charge is -2.36. The van der Waals surface area contributed by atoms with Gasteiger partial charge in [-0.1, -0.05) is 60.7 Å². The number of fused-ring (bicyclic) bond motifs is 2. The molecule has 6 nitrogen and oxygen atoms in total. The molecule has 2 aliphatic rings. The SMILES string of the molecule is COC(=O)COC(C(=O)OC1C[C@H]2CC[C@@H](C1)N2)(c1ccccc1)c1ccccc1. The Morgan fingerprint density at radius 3 is 1.97 bits per heavy atom. The van der Waals surface area contributed by atoms with E-state index in [1.807, 2.05) is 60.7 Å². The number of benzene rings is 2. The van der Waals surface area contributed by atoms with E-state index in [0.29, 0.717) is 23.2 Å². The molecule has 2 bridgehead atoms. The van der Waals surface area contributed by atoms with Crippen LogP contribution in [0.5, 0.6) is 0 Å². The zero-order chi connectivity index (χ0) is 21.0. The molecule has 0 radical (unpaired) electrons. The molecule has 1 unspecified atom stereocenters. The first-order valence-corrected chi connectivity index (χ1v) is 10.4. The second-order valence-electron chi connectivity index (χ2n) is 7.91. The summed E-state index contributed by atoms with van der Waals surface area (Å²) in [6, 6.07) is 19.1. The number of ether oxygens (including phenoxy) is 3. The van der Waals surface area contributed by atoms with Gasteiger partial charge in [0.05, 0.1) is 7.11 Å². The number of methoxy groups -OCH3 is 1. The van der Waals surface area contributed by atoms with Crippen LogP contribution in [0.15, 0.2) is 60.7 Å². The lowest BCUT2D eigenvalue weighted by atomic mass is 9.85. The maximum absolute atomic E-state index is 13.7. The molecule has 2 aliphatic heterocycles. The Labute approximate surface area is 176 Å². The lowest BCUT2D eigenvalue weighted by molar-refractivity contribution is -0.179. The van der Waals surface area contributed by atoms with E-state index >= 15 is 0 Å². The van der Waals surface area contributed by atoms with E-state index in [-0.39, 0.29) is 12.7 Å². The van der Waals surface area contributed by atoms with Crippen LogP contribution < -0.4 is 5.32 Å². The number of esters is 2. The molecule has 30 heavy (non-hydrogen) atoms. The summed E-state index contributed by atoms with van der Waals surface area (Å²) in [6.45, 7) is -0.368.